The summed E-state index contributed by atoms with van der Waals surface area (Å²) >= 11 is 1.56. The molecule has 2 aromatic heterocycles. The molecule has 9 nitrogen and oxygen atoms in total. The molecule has 3 heterocycles. The van der Waals surface area contributed by atoms with E-state index in [1.54, 1.807) is 36.3 Å². The fraction of sp³-hybridized carbons (Fsp3) is 0.500. The predicted octanol–water partition coefficient (Wildman–Crippen LogP) is 0.684. The van der Waals surface area contributed by atoms with Crippen LogP contribution in [0.3, 0.4) is 0 Å². The topological polar surface area (TPSA) is 95.8 Å². The second-order valence-corrected chi connectivity index (χ2v) is 9.41. The van der Waals surface area contributed by atoms with E-state index in [1.165, 1.54) is 27.2 Å². The minimum atomic E-state index is -3.70. The van der Waals surface area contributed by atoms with Gasteiger partial charge in [-0.3, -0.25) is 9.59 Å². The quantitative estimate of drug-likeness (QED) is 0.630. The molecule has 0 atom stereocenters. The molecule has 0 unspecified atom stereocenters. The molecule has 1 aliphatic heterocycles. The van der Waals surface area contributed by atoms with Gasteiger partial charge in [-0.25, -0.2) is 13.4 Å². The van der Waals surface area contributed by atoms with Crippen LogP contribution < -0.4 is 10.5 Å². The summed E-state index contributed by atoms with van der Waals surface area (Å²) in [6.07, 6.45) is 3.02. The molecule has 0 N–H and O–H groups in total. The number of anilines is 1. The first kappa shape index (κ1) is 21.5. The van der Waals surface area contributed by atoms with E-state index in [0.717, 1.165) is 5.13 Å². The first-order valence-corrected chi connectivity index (χ1v) is 11.8. The SMILES string of the molecule is CCN(CC)S(=O)(=O)c1ccc(=O)n(CC(=O)N2CCN(c3nccs3)CC2)c1. The Hall–Kier alpha value is -2.24. The zero-order chi connectivity index (χ0) is 21.0. The van der Waals surface area contributed by atoms with Crippen molar-refractivity contribution in [3.8, 4) is 0 Å². The van der Waals surface area contributed by atoms with Gasteiger partial charge in [0.2, 0.25) is 15.9 Å². The molecular weight excluding hydrogens is 414 g/mol. The fourth-order valence-corrected chi connectivity index (χ4v) is 5.44. The molecule has 0 saturated carbocycles. The van der Waals surface area contributed by atoms with E-state index in [-0.39, 0.29) is 17.3 Å². The molecule has 29 heavy (non-hydrogen) atoms. The normalized spacial score (nSPS) is 15.1. The van der Waals surface area contributed by atoms with Gasteiger partial charge >= 0.3 is 0 Å². The van der Waals surface area contributed by atoms with Gasteiger partial charge in [-0.2, -0.15) is 4.31 Å². The second-order valence-electron chi connectivity index (χ2n) is 6.60. The van der Waals surface area contributed by atoms with Crippen molar-refractivity contribution < 1.29 is 13.2 Å². The van der Waals surface area contributed by atoms with Crippen LogP contribution in [-0.4, -0.2) is 72.3 Å². The van der Waals surface area contributed by atoms with E-state index in [4.69, 9.17) is 0 Å². The minimum absolute atomic E-state index is 0.0159. The van der Waals surface area contributed by atoms with Crippen molar-refractivity contribution in [1.29, 1.82) is 0 Å². The average Bonchev–Trinajstić information content (AvgIpc) is 3.25. The van der Waals surface area contributed by atoms with Crippen LogP contribution >= 0.6 is 11.3 Å². The summed E-state index contributed by atoms with van der Waals surface area (Å²) in [4.78, 5) is 33.0. The van der Waals surface area contributed by atoms with Gasteiger partial charge in [0.1, 0.15) is 6.54 Å². The van der Waals surface area contributed by atoms with Crippen molar-refractivity contribution in [2.45, 2.75) is 25.3 Å². The summed E-state index contributed by atoms with van der Waals surface area (Å²) in [5, 5.41) is 2.85. The van der Waals surface area contributed by atoms with Gasteiger partial charge in [-0.15, -0.1) is 11.3 Å². The summed E-state index contributed by atoms with van der Waals surface area (Å²) in [7, 11) is -3.70. The lowest BCUT2D eigenvalue weighted by Gasteiger charge is -2.34. The molecule has 0 aliphatic carbocycles. The van der Waals surface area contributed by atoms with E-state index < -0.39 is 15.6 Å². The number of aromatic nitrogens is 2. The second kappa shape index (κ2) is 9.06. The number of sulfonamides is 1. The van der Waals surface area contributed by atoms with Crippen LogP contribution in [0.1, 0.15) is 13.8 Å². The predicted molar refractivity (Wildman–Crippen MR) is 112 cm³/mol. The van der Waals surface area contributed by atoms with Gasteiger partial charge in [0.25, 0.3) is 5.56 Å². The number of rotatable bonds is 7. The number of nitrogens with zero attached hydrogens (tertiary/aromatic N) is 5. The average molecular weight is 440 g/mol. The zero-order valence-corrected chi connectivity index (χ0v) is 18.2. The Morgan fingerprint density at radius 3 is 2.45 bits per heavy atom. The molecule has 1 fully saturated rings. The van der Waals surface area contributed by atoms with Crippen LogP contribution in [0.15, 0.2) is 39.6 Å². The van der Waals surface area contributed by atoms with E-state index in [0.29, 0.717) is 39.3 Å². The Morgan fingerprint density at radius 2 is 1.86 bits per heavy atom. The highest BCUT2D eigenvalue weighted by molar-refractivity contribution is 7.89. The van der Waals surface area contributed by atoms with Crippen LogP contribution in [-0.2, 0) is 21.4 Å². The van der Waals surface area contributed by atoms with E-state index in [2.05, 4.69) is 9.88 Å². The Morgan fingerprint density at radius 1 is 1.17 bits per heavy atom. The number of hydrogen-bond acceptors (Lipinski definition) is 7. The highest BCUT2D eigenvalue weighted by Crippen LogP contribution is 2.19. The van der Waals surface area contributed by atoms with Gasteiger partial charge in [0.05, 0.1) is 4.90 Å². The lowest BCUT2D eigenvalue weighted by molar-refractivity contribution is -0.132. The minimum Gasteiger partial charge on any atom is -0.345 e. The van der Waals surface area contributed by atoms with Crippen LogP contribution in [0.4, 0.5) is 5.13 Å². The first-order valence-electron chi connectivity index (χ1n) is 9.49. The van der Waals surface area contributed by atoms with Crippen LogP contribution in [0, 0.1) is 0 Å². The maximum absolute atomic E-state index is 12.7. The van der Waals surface area contributed by atoms with Crippen molar-refractivity contribution in [1.82, 2.24) is 18.8 Å². The Bertz CT molecular complexity index is 992. The third kappa shape index (κ3) is 4.68. The smallest absolute Gasteiger partial charge is 0.251 e. The molecule has 0 bridgehead atoms. The van der Waals surface area contributed by atoms with Gasteiger partial charge in [-0.1, -0.05) is 13.8 Å². The largest absolute Gasteiger partial charge is 0.345 e. The summed E-state index contributed by atoms with van der Waals surface area (Å²) < 4.78 is 27.9. The summed E-state index contributed by atoms with van der Waals surface area (Å²) in [6.45, 7) is 6.40. The Balaban J connectivity index is 1.70. The van der Waals surface area contributed by atoms with Crippen LogP contribution in [0.2, 0.25) is 0 Å². The third-order valence-electron chi connectivity index (χ3n) is 4.93. The van der Waals surface area contributed by atoms with Crippen molar-refractivity contribution in [2.75, 3.05) is 44.2 Å². The maximum Gasteiger partial charge on any atom is 0.251 e. The van der Waals surface area contributed by atoms with Gasteiger partial charge in [0, 0.05) is 63.1 Å². The molecule has 1 aliphatic rings. The van der Waals surface area contributed by atoms with Gasteiger partial charge < -0.3 is 14.4 Å². The lowest BCUT2D eigenvalue weighted by atomic mass is 10.3. The Kier molecular flexibility index (Phi) is 6.70. The number of piperazine rings is 1. The molecule has 11 heteroatoms. The molecule has 0 aromatic carbocycles. The Labute approximate surface area is 174 Å². The molecule has 0 radical (unpaired) electrons. The number of amides is 1. The molecule has 3 rings (SSSR count). The fourth-order valence-electron chi connectivity index (χ4n) is 3.26. The maximum atomic E-state index is 12.7. The highest BCUT2D eigenvalue weighted by atomic mass is 32.2. The number of hydrogen-bond donors (Lipinski definition) is 0. The molecule has 1 amide bonds. The third-order valence-corrected chi connectivity index (χ3v) is 7.79. The summed E-state index contributed by atoms with van der Waals surface area (Å²) in [5.74, 6) is -0.205. The zero-order valence-electron chi connectivity index (χ0n) is 16.5. The van der Waals surface area contributed by atoms with Crippen molar-refractivity contribution >= 4 is 32.4 Å². The number of thiazole rings is 1. The standard InChI is InChI=1S/C18H25N5O4S2/c1-3-23(4-2)29(26,27)15-5-6-16(24)22(13-15)14-17(25)20-8-10-21(11-9-20)18-19-7-12-28-18/h5-7,12-13H,3-4,8-11,14H2,1-2H3. The van der Waals surface area contributed by atoms with E-state index in [9.17, 15) is 18.0 Å². The van der Waals surface area contributed by atoms with Crippen LogP contribution in [0.25, 0.3) is 0 Å². The van der Waals surface area contributed by atoms with Crippen molar-refractivity contribution in [2.24, 2.45) is 0 Å². The molecule has 158 valence electrons. The molecule has 2 aromatic rings. The number of carbonyl (C=O) groups is 1. The molecule has 1 saturated heterocycles. The lowest BCUT2D eigenvalue weighted by Crippen LogP contribution is -2.50. The number of pyridine rings is 1. The summed E-state index contributed by atoms with van der Waals surface area (Å²) in [6, 6.07) is 2.49. The van der Waals surface area contributed by atoms with Crippen LogP contribution in [0.5, 0.6) is 0 Å². The highest BCUT2D eigenvalue weighted by Gasteiger charge is 2.25. The van der Waals surface area contributed by atoms with Gasteiger partial charge in [-0.05, 0) is 6.07 Å². The van der Waals surface area contributed by atoms with Crippen molar-refractivity contribution in [3.63, 3.8) is 0 Å². The monoisotopic (exact) mass is 439 g/mol. The molecule has 0 spiro atoms. The first-order chi connectivity index (χ1) is 13.9. The number of carbonyl (C=O) groups excluding carboxylic acids is 1. The van der Waals surface area contributed by atoms with Gasteiger partial charge in [0.15, 0.2) is 5.13 Å². The van der Waals surface area contributed by atoms with Crippen molar-refractivity contribution in [3.05, 3.63) is 40.3 Å². The molecular formula is C18H25N5O4S2. The van der Waals surface area contributed by atoms with E-state index in [1.807, 2.05) is 5.38 Å². The summed E-state index contributed by atoms with van der Waals surface area (Å²) in [5.41, 5.74) is -0.404. The van der Waals surface area contributed by atoms with E-state index >= 15 is 0 Å².